The van der Waals surface area contributed by atoms with Crippen molar-refractivity contribution in [3.8, 4) is 0 Å². The summed E-state index contributed by atoms with van der Waals surface area (Å²) in [5.74, 6) is 1.14. The Morgan fingerprint density at radius 2 is 2.17 bits per heavy atom. The summed E-state index contributed by atoms with van der Waals surface area (Å²) >= 11 is 0. The molecule has 0 bridgehead atoms. The molecule has 3 rings (SSSR count). The van der Waals surface area contributed by atoms with Crippen LogP contribution in [0.15, 0.2) is 18.2 Å². The minimum absolute atomic E-state index is 0.0923. The van der Waals surface area contributed by atoms with E-state index in [1.54, 1.807) is 0 Å². The molecular formula is C15H22N2O. The number of aliphatic hydroxyl groups excluding tert-OH is 1. The number of hydrogen-bond donors (Lipinski definition) is 2. The standard InChI is InChI=1S/C15H22N2O/c1-10-3-2-4-11(7-16)15(10)17-8-12-5-6-14(18)13(12)9-17/h2-4,12-14,18H,5-9,16H2,1H3. The summed E-state index contributed by atoms with van der Waals surface area (Å²) < 4.78 is 0. The van der Waals surface area contributed by atoms with E-state index in [9.17, 15) is 5.11 Å². The lowest BCUT2D eigenvalue weighted by molar-refractivity contribution is 0.133. The van der Waals surface area contributed by atoms with Gasteiger partial charge in [-0.1, -0.05) is 18.2 Å². The summed E-state index contributed by atoms with van der Waals surface area (Å²) in [5, 5.41) is 10.0. The van der Waals surface area contributed by atoms with E-state index in [0.29, 0.717) is 18.4 Å². The van der Waals surface area contributed by atoms with E-state index < -0.39 is 0 Å². The Kier molecular flexibility index (Phi) is 3.04. The summed E-state index contributed by atoms with van der Waals surface area (Å²) in [7, 11) is 0. The van der Waals surface area contributed by atoms with Crippen molar-refractivity contribution in [3.63, 3.8) is 0 Å². The maximum Gasteiger partial charge on any atom is 0.0588 e. The molecule has 3 heteroatoms. The number of nitrogens with two attached hydrogens (primary N) is 1. The molecule has 3 unspecified atom stereocenters. The van der Waals surface area contributed by atoms with Gasteiger partial charge in [0.05, 0.1) is 6.10 Å². The Morgan fingerprint density at radius 3 is 2.89 bits per heavy atom. The summed E-state index contributed by atoms with van der Waals surface area (Å²) in [6.45, 7) is 4.81. The van der Waals surface area contributed by atoms with Crippen LogP contribution in [0.3, 0.4) is 0 Å². The molecule has 3 N–H and O–H groups in total. The lowest BCUT2D eigenvalue weighted by Crippen LogP contribution is -2.26. The highest BCUT2D eigenvalue weighted by Gasteiger charge is 2.42. The van der Waals surface area contributed by atoms with Crippen molar-refractivity contribution in [1.82, 2.24) is 0 Å². The van der Waals surface area contributed by atoms with Crippen LogP contribution in [0.4, 0.5) is 5.69 Å². The van der Waals surface area contributed by atoms with Crippen molar-refractivity contribution in [2.45, 2.75) is 32.4 Å². The molecule has 1 aromatic rings. The molecule has 1 aliphatic carbocycles. The fraction of sp³-hybridized carbons (Fsp3) is 0.600. The Labute approximate surface area is 109 Å². The van der Waals surface area contributed by atoms with Crippen molar-refractivity contribution in [2.75, 3.05) is 18.0 Å². The van der Waals surface area contributed by atoms with E-state index in [1.807, 2.05) is 0 Å². The molecule has 3 atom stereocenters. The zero-order chi connectivity index (χ0) is 12.7. The van der Waals surface area contributed by atoms with Crippen molar-refractivity contribution in [3.05, 3.63) is 29.3 Å². The van der Waals surface area contributed by atoms with Crippen LogP contribution in [0.25, 0.3) is 0 Å². The van der Waals surface area contributed by atoms with Crippen LogP contribution >= 0.6 is 0 Å². The van der Waals surface area contributed by atoms with E-state index in [1.165, 1.54) is 23.2 Å². The van der Waals surface area contributed by atoms with E-state index in [0.717, 1.165) is 19.5 Å². The third-order valence-corrected chi connectivity index (χ3v) is 4.68. The van der Waals surface area contributed by atoms with Gasteiger partial charge in [-0.05, 0) is 36.8 Å². The number of aliphatic hydroxyl groups is 1. The highest BCUT2D eigenvalue weighted by molar-refractivity contribution is 5.60. The summed E-state index contributed by atoms with van der Waals surface area (Å²) in [6, 6.07) is 6.35. The predicted octanol–water partition coefficient (Wildman–Crippen LogP) is 1.66. The van der Waals surface area contributed by atoms with E-state index >= 15 is 0 Å². The third-order valence-electron chi connectivity index (χ3n) is 4.68. The van der Waals surface area contributed by atoms with Crippen LogP contribution in [0.5, 0.6) is 0 Å². The number of nitrogens with zero attached hydrogens (tertiary/aromatic N) is 1. The number of para-hydroxylation sites is 1. The molecule has 1 heterocycles. The van der Waals surface area contributed by atoms with Crippen molar-refractivity contribution >= 4 is 5.69 Å². The van der Waals surface area contributed by atoms with Gasteiger partial charge in [-0.3, -0.25) is 0 Å². The Hall–Kier alpha value is -1.06. The van der Waals surface area contributed by atoms with E-state index in [4.69, 9.17) is 5.73 Å². The first kappa shape index (κ1) is 12.0. The van der Waals surface area contributed by atoms with Gasteiger partial charge in [0, 0.05) is 31.2 Å². The van der Waals surface area contributed by atoms with Crippen LogP contribution < -0.4 is 10.6 Å². The quantitative estimate of drug-likeness (QED) is 0.834. The van der Waals surface area contributed by atoms with Crippen molar-refractivity contribution < 1.29 is 5.11 Å². The zero-order valence-electron chi connectivity index (χ0n) is 11.0. The Balaban J connectivity index is 1.89. The highest BCUT2D eigenvalue weighted by Crippen LogP contribution is 2.41. The third kappa shape index (κ3) is 1.82. The summed E-state index contributed by atoms with van der Waals surface area (Å²) in [4.78, 5) is 2.44. The highest BCUT2D eigenvalue weighted by atomic mass is 16.3. The lowest BCUT2D eigenvalue weighted by atomic mass is 10.00. The average molecular weight is 246 g/mol. The van der Waals surface area contributed by atoms with Gasteiger partial charge in [-0.2, -0.15) is 0 Å². The minimum Gasteiger partial charge on any atom is -0.393 e. The van der Waals surface area contributed by atoms with Crippen LogP contribution in [0, 0.1) is 18.8 Å². The van der Waals surface area contributed by atoms with Gasteiger partial charge in [0.2, 0.25) is 0 Å². The number of rotatable bonds is 2. The maximum atomic E-state index is 10.0. The second kappa shape index (κ2) is 4.56. The first-order chi connectivity index (χ1) is 8.70. The SMILES string of the molecule is Cc1cccc(CN)c1N1CC2CCC(O)C2C1. The summed E-state index contributed by atoms with van der Waals surface area (Å²) in [5.41, 5.74) is 9.69. The van der Waals surface area contributed by atoms with Gasteiger partial charge in [-0.25, -0.2) is 0 Å². The predicted molar refractivity (Wildman–Crippen MR) is 73.5 cm³/mol. The molecule has 0 aromatic heterocycles. The molecule has 1 aliphatic heterocycles. The second-order valence-electron chi connectivity index (χ2n) is 5.76. The number of hydrogen-bond acceptors (Lipinski definition) is 3. The fourth-order valence-electron chi connectivity index (χ4n) is 3.76. The van der Waals surface area contributed by atoms with Gasteiger partial charge in [0.25, 0.3) is 0 Å². The number of fused-ring (bicyclic) bond motifs is 1. The fourth-order valence-corrected chi connectivity index (χ4v) is 3.76. The lowest BCUT2D eigenvalue weighted by Gasteiger charge is -2.25. The molecule has 0 radical (unpaired) electrons. The molecule has 98 valence electrons. The number of benzene rings is 1. The van der Waals surface area contributed by atoms with Gasteiger partial charge >= 0.3 is 0 Å². The zero-order valence-corrected chi connectivity index (χ0v) is 11.0. The monoisotopic (exact) mass is 246 g/mol. The van der Waals surface area contributed by atoms with Crippen LogP contribution in [-0.4, -0.2) is 24.3 Å². The Morgan fingerprint density at radius 1 is 1.33 bits per heavy atom. The topological polar surface area (TPSA) is 49.5 Å². The molecule has 0 amide bonds. The van der Waals surface area contributed by atoms with Gasteiger partial charge in [0.1, 0.15) is 0 Å². The molecule has 3 nitrogen and oxygen atoms in total. The molecular weight excluding hydrogens is 224 g/mol. The van der Waals surface area contributed by atoms with Gasteiger partial charge in [-0.15, -0.1) is 0 Å². The first-order valence-electron chi connectivity index (χ1n) is 6.92. The number of aryl methyl sites for hydroxylation is 1. The second-order valence-corrected chi connectivity index (χ2v) is 5.76. The molecule has 18 heavy (non-hydrogen) atoms. The van der Waals surface area contributed by atoms with Crippen LogP contribution in [0.2, 0.25) is 0 Å². The summed E-state index contributed by atoms with van der Waals surface area (Å²) in [6.07, 6.45) is 2.07. The van der Waals surface area contributed by atoms with Crippen LogP contribution in [0.1, 0.15) is 24.0 Å². The number of anilines is 1. The van der Waals surface area contributed by atoms with Crippen LogP contribution in [-0.2, 0) is 6.54 Å². The van der Waals surface area contributed by atoms with Gasteiger partial charge < -0.3 is 15.7 Å². The molecule has 1 saturated heterocycles. The van der Waals surface area contributed by atoms with Crippen molar-refractivity contribution in [2.24, 2.45) is 17.6 Å². The maximum absolute atomic E-state index is 10.0. The van der Waals surface area contributed by atoms with E-state index in [-0.39, 0.29) is 6.10 Å². The molecule has 0 spiro atoms. The first-order valence-corrected chi connectivity index (χ1v) is 6.92. The van der Waals surface area contributed by atoms with E-state index in [2.05, 4.69) is 30.0 Å². The smallest absolute Gasteiger partial charge is 0.0588 e. The molecule has 1 saturated carbocycles. The van der Waals surface area contributed by atoms with Crippen molar-refractivity contribution in [1.29, 1.82) is 0 Å². The molecule has 2 fully saturated rings. The largest absolute Gasteiger partial charge is 0.393 e. The normalized spacial score (nSPS) is 30.8. The molecule has 2 aliphatic rings. The molecule has 1 aromatic carbocycles. The minimum atomic E-state index is -0.0923. The Bertz CT molecular complexity index is 446. The van der Waals surface area contributed by atoms with Gasteiger partial charge in [0.15, 0.2) is 0 Å². The average Bonchev–Trinajstić information content (AvgIpc) is 2.91.